The minimum atomic E-state index is 0.567. The Hall–Kier alpha value is 0.540. The van der Waals surface area contributed by atoms with Gasteiger partial charge in [0, 0.05) is 39.3 Å². The van der Waals surface area contributed by atoms with E-state index in [9.17, 15) is 0 Å². The molecule has 2 unspecified atom stereocenters. The first kappa shape index (κ1) is 11.0. The first-order valence-corrected chi connectivity index (χ1v) is 7.43. The van der Waals surface area contributed by atoms with Gasteiger partial charge >= 0.3 is 0 Å². The number of hydrogen-bond acceptors (Lipinski definition) is 6. The molecule has 14 heavy (non-hydrogen) atoms. The predicted molar refractivity (Wildman–Crippen MR) is 64.5 cm³/mol. The molecule has 2 aliphatic heterocycles. The van der Waals surface area contributed by atoms with Crippen molar-refractivity contribution in [1.29, 1.82) is 0 Å². The van der Waals surface area contributed by atoms with E-state index >= 15 is 0 Å². The molecule has 0 bridgehead atoms. The zero-order valence-corrected chi connectivity index (χ0v) is 9.85. The molecule has 2 saturated heterocycles. The van der Waals surface area contributed by atoms with Crippen LogP contribution in [0.5, 0.6) is 0 Å². The van der Waals surface area contributed by atoms with E-state index < -0.39 is 0 Å². The number of piperazine rings is 2. The van der Waals surface area contributed by atoms with Crippen LogP contribution in [0.2, 0.25) is 0 Å². The molecule has 0 saturated carbocycles. The largest absolute Gasteiger partial charge is 0.313 e. The highest BCUT2D eigenvalue weighted by atomic mass is 33.1. The molecule has 0 aromatic carbocycles. The van der Waals surface area contributed by atoms with Gasteiger partial charge < -0.3 is 21.3 Å². The highest BCUT2D eigenvalue weighted by Gasteiger charge is 2.17. The predicted octanol–water partition coefficient (Wildman–Crippen LogP) is -0.594. The highest BCUT2D eigenvalue weighted by molar-refractivity contribution is 8.77. The van der Waals surface area contributed by atoms with Gasteiger partial charge in [-0.3, -0.25) is 0 Å². The summed E-state index contributed by atoms with van der Waals surface area (Å²) in [5, 5.41) is 14.9. The average Bonchev–Trinajstić information content (AvgIpc) is 2.29. The van der Waals surface area contributed by atoms with Crippen LogP contribution >= 0.6 is 21.6 Å². The van der Waals surface area contributed by atoms with Gasteiger partial charge in [-0.2, -0.15) is 0 Å². The van der Waals surface area contributed by atoms with Crippen LogP contribution in [-0.2, 0) is 0 Å². The van der Waals surface area contributed by atoms with E-state index in [-0.39, 0.29) is 0 Å². The number of rotatable bonds is 3. The fraction of sp³-hybridized carbons (Fsp3) is 1.00. The number of hydrogen-bond donors (Lipinski definition) is 4. The Bertz CT molecular complexity index is 139. The van der Waals surface area contributed by atoms with Gasteiger partial charge in [0.05, 0.1) is 10.7 Å². The van der Waals surface area contributed by atoms with Gasteiger partial charge in [-0.1, -0.05) is 21.6 Å². The summed E-state index contributed by atoms with van der Waals surface area (Å²) in [6, 6.07) is 0. The van der Waals surface area contributed by atoms with Crippen molar-refractivity contribution in [3.8, 4) is 0 Å². The lowest BCUT2D eigenvalue weighted by Gasteiger charge is -2.27. The first-order valence-electron chi connectivity index (χ1n) is 5.15. The molecule has 4 nitrogen and oxygen atoms in total. The van der Waals surface area contributed by atoms with Crippen molar-refractivity contribution in [2.45, 2.75) is 10.7 Å². The molecule has 2 rings (SSSR count). The summed E-state index contributed by atoms with van der Waals surface area (Å²) in [6.07, 6.45) is 0. The zero-order valence-electron chi connectivity index (χ0n) is 8.21. The molecule has 2 atom stereocenters. The summed E-state index contributed by atoms with van der Waals surface area (Å²) in [5.41, 5.74) is 0. The third-order valence-corrected chi connectivity index (χ3v) is 5.26. The SMILES string of the molecule is C1CNC(SSC2CNCCN2)CN1. The normalized spacial score (nSPS) is 34.3. The quantitative estimate of drug-likeness (QED) is 0.490. The second-order valence-corrected chi connectivity index (χ2v) is 6.16. The minimum absolute atomic E-state index is 0.567. The molecule has 0 spiro atoms. The van der Waals surface area contributed by atoms with Crippen LogP contribution in [0.4, 0.5) is 0 Å². The summed E-state index contributed by atoms with van der Waals surface area (Å²) >= 11 is 0. The molecule has 0 aromatic rings. The van der Waals surface area contributed by atoms with Crippen LogP contribution in [0.1, 0.15) is 0 Å². The van der Waals surface area contributed by atoms with Gasteiger partial charge in [0.15, 0.2) is 0 Å². The van der Waals surface area contributed by atoms with E-state index in [1.165, 1.54) is 0 Å². The van der Waals surface area contributed by atoms with Crippen molar-refractivity contribution in [3.05, 3.63) is 0 Å². The maximum Gasteiger partial charge on any atom is 0.0764 e. The molecule has 0 radical (unpaired) electrons. The molecule has 0 aliphatic carbocycles. The Labute approximate surface area is 93.1 Å². The highest BCUT2D eigenvalue weighted by Crippen LogP contribution is 2.29. The van der Waals surface area contributed by atoms with Crippen LogP contribution < -0.4 is 21.3 Å². The van der Waals surface area contributed by atoms with Crippen molar-refractivity contribution in [2.24, 2.45) is 0 Å². The van der Waals surface area contributed by atoms with Crippen molar-refractivity contribution >= 4 is 21.6 Å². The minimum Gasteiger partial charge on any atom is -0.313 e. The van der Waals surface area contributed by atoms with Gasteiger partial charge in [0.25, 0.3) is 0 Å². The molecule has 0 aromatic heterocycles. The number of nitrogens with one attached hydrogen (secondary N) is 4. The summed E-state index contributed by atoms with van der Waals surface area (Å²) in [4.78, 5) is 0. The Kier molecular flexibility index (Phi) is 4.88. The van der Waals surface area contributed by atoms with Crippen molar-refractivity contribution in [3.63, 3.8) is 0 Å². The second-order valence-electron chi connectivity index (χ2n) is 3.49. The fourth-order valence-electron chi connectivity index (χ4n) is 1.52. The van der Waals surface area contributed by atoms with Crippen LogP contribution in [-0.4, -0.2) is 50.0 Å². The fourth-order valence-corrected chi connectivity index (χ4v) is 4.16. The molecule has 82 valence electrons. The molecule has 0 amide bonds. The van der Waals surface area contributed by atoms with Gasteiger partial charge in [-0.15, -0.1) is 0 Å². The Morgan fingerprint density at radius 1 is 0.714 bits per heavy atom. The third kappa shape index (κ3) is 3.60. The first-order chi connectivity index (χ1) is 6.95. The Balaban J connectivity index is 1.60. The maximum atomic E-state index is 3.49. The van der Waals surface area contributed by atoms with E-state index in [4.69, 9.17) is 0 Å². The van der Waals surface area contributed by atoms with Crippen LogP contribution in [0, 0.1) is 0 Å². The topological polar surface area (TPSA) is 48.1 Å². The molecule has 6 heteroatoms. The van der Waals surface area contributed by atoms with Gasteiger partial charge in [-0.05, 0) is 0 Å². The Morgan fingerprint density at radius 3 is 1.57 bits per heavy atom. The van der Waals surface area contributed by atoms with E-state index in [2.05, 4.69) is 21.3 Å². The summed E-state index contributed by atoms with van der Waals surface area (Å²) in [7, 11) is 3.89. The third-order valence-electron chi connectivity index (χ3n) is 2.29. The van der Waals surface area contributed by atoms with Crippen LogP contribution in [0.15, 0.2) is 0 Å². The van der Waals surface area contributed by atoms with Crippen molar-refractivity contribution in [1.82, 2.24) is 21.3 Å². The molecule has 2 aliphatic rings. The molecule has 4 N–H and O–H groups in total. The van der Waals surface area contributed by atoms with Gasteiger partial charge in [0.1, 0.15) is 0 Å². The summed E-state index contributed by atoms with van der Waals surface area (Å²) < 4.78 is 0. The van der Waals surface area contributed by atoms with E-state index in [1.807, 2.05) is 21.6 Å². The smallest absolute Gasteiger partial charge is 0.0764 e. The molecule has 2 heterocycles. The molecule has 2 fully saturated rings. The van der Waals surface area contributed by atoms with Gasteiger partial charge in [0.2, 0.25) is 0 Å². The average molecular weight is 234 g/mol. The lowest BCUT2D eigenvalue weighted by atomic mass is 10.4. The van der Waals surface area contributed by atoms with Crippen LogP contribution in [0.3, 0.4) is 0 Å². The standard InChI is InChI=1S/C8H18N4S2/c1-3-11-7(5-9-1)13-14-8-6-10-2-4-12-8/h7-12H,1-6H2. The Morgan fingerprint density at radius 2 is 1.21 bits per heavy atom. The van der Waals surface area contributed by atoms with Crippen molar-refractivity contribution < 1.29 is 0 Å². The lowest BCUT2D eigenvalue weighted by Crippen LogP contribution is -2.48. The lowest BCUT2D eigenvalue weighted by molar-refractivity contribution is 0.505. The second kappa shape index (κ2) is 6.19. The summed E-state index contributed by atoms with van der Waals surface area (Å²) in [6.45, 7) is 6.55. The summed E-state index contributed by atoms with van der Waals surface area (Å²) in [5.74, 6) is 0. The molecular weight excluding hydrogens is 216 g/mol. The zero-order chi connectivity index (χ0) is 9.64. The maximum absolute atomic E-state index is 3.49. The van der Waals surface area contributed by atoms with E-state index in [0.29, 0.717) is 10.7 Å². The van der Waals surface area contributed by atoms with Crippen molar-refractivity contribution in [2.75, 3.05) is 39.3 Å². The van der Waals surface area contributed by atoms with E-state index in [0.717, 1.165) is 39.3 Å². The monoisotopic (exact) mass is 234 g/mol. The molecular formula is C8H18N4S2. The van der Waals surface area contributed by atoms with Crippen LogP contribution in [0.25, 0.3) is 0 Å². The van der Waals surface area contributed by atoms with Gasteiger partial charge in [-0.25, -0.2) is 0 Å². The van der Waals surface area contributed by atoms with E-state index in [1.54, 1.807) is 0 Å².